The molecule has 0 radical (unpaired) electrons. The first kappa shape index (κ1) is 13.1. The lowest BCUT2D eigenvalue weighted by Crippen LogP contribution is -2.06. The number of methoxy groups -OCH3 is 1. The first-order valence-corrected chi connectivity index (χ1v) is 5.97. The van der Waals surface area contributed by atoms with Gasteiger partial charge in [-0.05, 0) is 18.6 Å². The molecule has 2 aromatic heterocycles. The minimum absolute atomic E-state index is 0.598. The van der Waals surface area contributed by atoms with Gasteiger partial charge >= 0.3 is 0 Å². The molecule has 0 unspecified atom stereocenters. The molecule has 100 valence electrons. The van der Waals surface area contributed by atoms with Gasteiger partial charge in [0.05, 0.1) is 7.11 Å². The third-order valence-corrected chi connectivity index (χ3v) is 2.66. The number of hydrogen-bond donors (Lipinski definition) is 2. The molecular weight excluding hydrogens is 242 g/mol. The van der Waals surface area contributed by atoms with Crippen LogP contribution in [0.25, 0.3) is 0 Å². The zero-order chi connectivity index (χ0) is 13.7. The van der Waals surface area contributed by atoms with Gasteiger partial charge in [-0.3, -0.25) is 0 Å². The summed E-state index contributed by atoms with van der Waals surface area (Å²) < 4.78 is 5.09. The molecule has 0 aliphatic carbocycles. The van der Waals surface area contributed by atoms with Crippen LogP contribution in [-0.4, -0.2) is 29.1 Å². The van der Waals surface area contributed by atoms with Gasteiger partial charge in [0.15, 0.2) is 0 Å². The van der Waals surface area contributed by atoms with Crippen molar-refractivity contribution in [2.45, 2.75) is 13.5 Å². The van der Waals surface area contributed by atoms with Crippen LogP contribution in [0.2, 0.25) is 0 Å². The van der Waals surface area contributed by atoms with Crippen molar-refractivity contribution < 1.29 is 4.74 Å². The topological polar surface area (TPSA) is 72.0 Å². The number of hydrogen-bond acceptors (Lipinski definition) is 6. The van der Waals surface area contributed by atoms with Crippen molar-refractivity contribution in [1.29, 1.82) is 0 Å². The van der Waals surface area contributed by atoms with Crippen LogP contribution in [0.1, 0.15) is 11.1 Å². The molecule has 0 aliphatic heterocycles. The minimum Gasteiger partial charge on any atom is -0.481 e. The second-order valence-corrected chi connectivity index (χ2v) is 4.04. The molecule has 0 saturated carbocycles. The number of anilines is 2. The second-order valence-electron chi connectivity index (χ2n) is 4.04. The van der Waals surface area contributed by atoms with Gasteiger partial charge in [0, 0.05) is 37.6 Å². The third-order valence-electron chi connectivity index (χ3n) is 2.66. The smallest absolute Gasteiger partial charge is 0.224 e. The van der Waals surface area contributed by atoms with Crippen molar-refractivity contribution >= 4 is 11.8 Å². The Morgan fingerprint density at radius 1 is 1.32 bits per heavy atom. The van der Waals surface area contributed by atoms with E-state index in [-0.39, 0.29) is 0 Å². The van der Waals surface area contributed by atoms with Gasteiger partial charge in [-0.2, -0.15) is 4.98 Å². The number of pyridine rings is 1. The fraction of sp³-hybridized carbons (Fsp3) is 0.308. The van der Waals surface area contributed by atoms with Crippen molar-refractivity contribution in [3.05, 3.63) is 35.7 Å². The summed E-state index contributed by atoms with van der Waals surface area (Å²) >= 11 is 0. The Bertz CT molecular complexity index is 558. The van der Waals surface area contributed by atoms with Gasteiger partial charge in [-0.25, -0.2) is 9.97 Å². The van der Waals surface area contributed by atoms with Gasteiger partial charge in [0.25, 0.3) is 0 Å². The minimum atomic E-state index is 0.598. The third kappa shape index (κ3) is 3.31. The molecule has 0 amide bonds. The molecule has 0 fully saturated rings. The van der Waals surface area contributed by atoms with E-state index in [9.17, 15) is 0 Å². The molecule has 0 bridgehead atoms. The van der Waals surface area contributed by atoms with Crippen LogP contribution in [0.3, 0.4) is 0 Å². The fourth-order valence-electron chi connectivity index (χ4n) is 1.60. The predicted molar refractivity (Wildman–Crippen MR) is 74.4 cm³/mol. The molecule has 2 aromatic rings. The van der Waals surface area contributed by atoms with E-state index in [1.54, 1.807) is 26.6 Å². The highest BCUT2D eigenvalue weighted by molar-refractivity contribution is 5.46. The van der Waals surface area contributed by atoms with Gasteiger partial charge in [-0.15, -0.1) is 0 Å². The average molecular weight is 259 g/mol. The standard InChI is InChI=1S/C13H17N5O/c1-9-7-17-13(14-2)18-12(9)16-8-10-4-5-15-11(6-10)19-3/h4-7H,8H2,1-3H3,(H2,14,16,17,18). The Balaban J connectivity index is 2.09. The molecule has 0 spiro atoms. The first-order valence-electron chi connectivity index (χ1n) is 5.97. The second kappa shape index (κ2) is 5.99. The molecule has 2 heterocycles. The largest absolute Gasteiger partial charge is 0.481 e. The van der Waals surface area contributed by atoms with Gasteiger partial charge in [0.2, 0.25) is 11.8 Å². The maximum absolute atomic E-state index is 5.09. The van der Waals surface area contributed by atoms with E-state index in [0.717, 1.165) is 16.9 Å². The molecule has 0 aromatic carbocycles. The summed E-state index contributed by atoms with van der Waals surface area (Å²) in [7, 11) is 3.40. The average Bonchev–Trinajstić information content (AvgIpc) is 2.46. The molecule has 19 heavy (non-hydrogen) atoms. The normalized spacial score (nSPS) is 10.1. The first-order chi connectivity index (χ1) is 9.22. The van der Waals surface area contributed by atoms with Crippen LogP contribution in [0.5, 0.6) is 5.88 Å². The molecule has 2 N–H and O–H groups in total. The Morgan fingerprint density at radius 2 is 2.16 bits per heavy atom. The molecule has 0 aliphatic rings. The van der Waals surface area contributed by atoms with Crippen molar-refractivity contribution in [1.82, 2.24) is 15.0 Å². The van der Waals surface area contributed by atoms with Gasteiger partial charge in [-0.1, -0.05) is 0 Å². The monoisotopic (exact) mass is 259 g/mol. The van der Waals surface area contributed by atoms with E-state index in [0.29, 0.717) is 18.4 Å². The molecule has 0 saturated heterocycles. The SMILES string of the molecule is CNc1ncc(C)c(NCc2ccnc(OC)c2)n1. The van der Waals surface area contributed by atoms with E-state index >= 15 is 0 Å². The highest BCUT2D eigenvalue weighted by Crippen LogP contribution is 2.15. The van der Waals surface area contributed by atoms with Gasteiger partial charge in [0.1, 0.15) is 5.82 Å². The van der Waals surface area contributed by atoms with Crippen LogP contribution in [0.15, 0.2) is 24.5 Å². The maximum atomic E-state index is 5.09. The van der Waals surface area contributed by atoms with Crippen LogP contribution in [0, 0.1) is 6.92 Å². The molecule has 2 rings (SSSR count). The van der Waals surface area contributed by atoms with Crippen molar-refractivity contribution in [3.63, 3.8) is 0 Å². The van der Waals surface area contributed by atoms with E-state index in [4.69, 9.17) is 4.74 Å². The summed E-state index contributed by atoms with van der Waals surface area (Å²) in [5.74, 6) is 2.02. The summed E-state index contributed by atoms with van der Waals surface area (Å²) in [6.07, 6.45) is 3.51. The van der Waals surface area contributed by atoms with Crippen LogP contribution in [-0.2, 0) is 6.54 Å². The zero-order valence-corrected chi connectivity index (χ0v) is 11.3. The number of rotatable bonds is 5. The maximum Gasteiger partial charge on any atom is 0.224 e. The van der Waals surface area contributed by atoms with Crippen molar-refractivity contribution in [2.75, 3.05) is 24.8 Å². The van der Waals surface area contributed by atoms with Gasteiger partial charge < -0.3 is 15.4 Å². The summed E-state index contributed by atoms with van der Waals surface area (Å²) in [5.41, 5.74) is 2.08. The van der Waals surface area contributed by atoms with Crippen LogP contribution in [0.4, 0.5) is 11.8 Å². The highest BCUT2D eigenvalue weighted by Gasteiger charge is 2.03. The van der Waals surface area contributed by atoms with E-state index in [2.05, 4.69) is 25.6 Å². The Hall–Kier alpha value is -2.37. The molecule has 6 heteroatoms. The molecular formula is C13H17N5O. The van der Waals surface area contributed by atoms with Crippen LogP contribution >= 0.6 is 0 Å². The van der Waals surface area contributed by atoms with Crippen molar-refractivity contribution in [2.24, 2.45) is 0 Å². The number of ether oxygens (including phenoxy) is 1. The Labute approximate surface area is 112 Å². The lowest BCUT2D eigenvalue weighted by Gasteiger charge is -2.10. The fourth-order valence-corrected chi connectivity index (χ4v) is 1.60. The Kier molecular flexibility index (Phi) is 4.12. The quantitative estimate of drug-likeness (QED) is 0.853. The lowest BCUT2D eigenvalue weighted by atomic mass is 10.2. The summed E-state index contributed by atoms with van der Waals surface area (Å²) in [6, 6.07) is 3.83. The predicted octanol–water partition coefficient (Wildman–Crippen LogP) is 1.84. The summed E-state index contributed by atoms with van der Waals surface area (Å²) in [4.78, 5) is 12.6. The summed E-state index contributed by atoms with van der Waals surface area (Å²) in [5, 5.41) is 6.20. The van der Waals surface area contributed by atoms with Crippen LogP contribution < -0.4 is 15.4 Å². The van der Waals surface area contributed by atoms with E-state index < -0.39 is 0 Å². The Morgan fingerprint density at radius 3 is 2.89 bits per heavy atom. The summed E-state index contributed by atoms with van der Waals surface area (Å²) in [6.45, 7) is 2.62. The lowest BCUT2D eigenvalue weighted by molar-refractivity contribution is 0.397. The van der Waals surface area contributed by atoms with E-state index in [1.807, 2.05) is 19.1 Å². The van der Waals surface area contributed by atoms with E-state index in [1.165, 1.54) is 0 Å². The number of nitrogens with one attached hydrogen (secondary N) is 2. The number of aryl methyl sites for hydroxylation is 1. The number of aromatic nitrogens is 3. The molecule has 6 nitrogen and oxygen atoms in total. The van der Waals surface area contributed by atoms with Crippen molar-refractivity contribution in [3.8, 4) is 5.88 Å². The highest BCUT2D eigenvalue weighted by atomic mass is 16.5. The number of nitrogens with zero attached hydrogens (tertiary/aromatic N) is 3. The zero-order valence-electron chi connectivity index (χ0n) is 11.3. The molecule has 0 atom stereocenters.